The molecule has 2 fully saturated rings. The average Bonchev–Trinajstić information content (AvgIpc) is 2.84. The first-order valence-electron chi connectivity index (χ1n) is 7.87. The van der Waals surface area contributed by atoms with Crippen LogP contribution in [0.25, 0.3) is 0 Å². The van der Waals surface area contributed by atoms with Crippen LogP contribution >= 0.6 is 0 Å². The molecule has 0 aliphatic carbocycles. The number of rotatable bonds is 3. The molecular weight excluding hydrogens is 270 g/mol. The van der Waals surface area contributed by atoms with Crippen LogP contribution in [0.1, 0.15) is 46.5 Å². The smallest absolute Gasteiger partial charge is 0.410 e. The standard InChI is InChI=1S/C15H27N3O3/c1-15(2,3)21-14(20)18-9-5-6-11(18)10-17-12-7-4-8-16-13(12)19/h11-12,17H,4-10H2,1-3H3,(H,16,19). The summed E-state index contributed by atoms with van der Waals surface area (Å²) in [5.41, 5.74) is -0.471. The molecule has 6 nitrogen and oxygen atoms in total. The first-order valence-corrected chi connectivity index (χ1v) is 7.87. The van der Waals surface area contributed by atoms with E-state index in [4.69, 9.17) is 4.74 Å². The first kappa shape index (κ1) is 16.1. The molecule has 0 aromatic carbocycles. The minimum Gasteiger partial charge on any atom is -0.444 e. The lowest BCUT2D eigenvalue weighted by Gasteiger charge is -2.30. The van der Waals surface area contributed by atoms with Crippen molar-refractivity contribution in [2.24, 2.45) is 0 Å². The lowest BCUT2D eigenvalue weighted by molar-refractivity contribution is -0.124. The number of ether oxygens (including phenoxy) is 1. The summed E-state index contributed by atoms with van der Waals surface area (Å²) in [7, 11) is 0. The molecule has 0 saturated carbocycles. The Hall–Kier alpha value is -1.30. The molecule has 0 aromatic heterocycles. The molecular formula is C15H27N3O3. The Bertz CT molecular complexity index is 392. The lowest BCUT2D eigenvalue weighted by Crippen LogP contribution is -2.52. The third kappa shape index (κ3) is 4.59. The van der Waals surface area contributed by atoms with Gasteiger partial charge in [0.2, 0.25) is 5.91 Å². The Kier molecular flexibility index (Phi) is 5.08. The molecule has 2 aliphatic rings. The van der Waals surface area contributed by atoms with E-state index >= 15 is 0 Å². The maximum Gasteiger partial charge on any atom is 0.410 e. The van der Waals surface area contributed by atoms with Gasteiger partial charge in [-0.3, -0.25) is 4.79 Å². The summed E-state index contributed by atoms with van der Waals surface area (Å²) in [5, 5.41) is 6.17. The number of likely N-dealkylation sites (tertiary alicyclic amines) is 1. The Morgan fingerprint density at radius 2 is 2.14 bits per heavy atom. The van der Waals surface area contributed by atoms with Gasteiger partial charge in [-0.15, -0.1) is 0 Å². The van der Waals surface area contributed by atoms with Crippen molar-refractivity contribution in [2.45, 2.75) is 64.1 Å². The van der Waals surface area contributed by atoms with E-state index in [-0.39, 0.29) is 24.1 Å². The second kappa shape index (κ2) is 6.64. The molecule has 0 bridgehead atoms. The summed E-state index contributed by atoms with van der Waals surface area (Å²) < 4.78 is 5.44. The minimum absolute atomic E-state index is 0.0723. The number of hydrogen-bond acceptors (Lipinski definition) is 4. The monoisotopic (exact) mass is 297 g/mol. The molecule has 0 spiro atoms. The van der Waals surface area contributed by atoms with Crippen LogP contribution in [0.5, 0.6) is 0 Å². The zero-order valence-corrected chi connectivity index (χ0v) is 13.3. The van der Waals surface area contributed by atoms with Crippen molar-refractivity contribution < 1.29 is 14.3 Å². The molecule has 2 amide bonds. The molecule has 21 heavy (non-hydrogen) atoms. The molecule has 2 saturated heterocycles. The Morgan fingerprint density at radius 3 is 2.81 bits per heavy atom. The summed E-state index contributed by atoms with van der Waals surface area (Å²) in [6.07, 6.45) is 3.57. The van der Waals surface area contributed by atoms with Gasteiger partial charge in [0.25, 0.3) is 0 Å². The fourth-order valence-electron chi connectivity index (χ4n) is 2.85. The van der Waals surface area contributed by atoms with Gasteiger partial charge in [-0.25, -0.2) is 4.79 Å². The summed E-state index contributed by atoms with van der Waals surface area (Å²) in [6, 6.07) is -0.00517. The third-order valence-electron chi connectivity index (χ3n) is 3.89. The predicted molar refractivity (Wildman–Crippen MR) is 80.0 cm³/mol. The van der Waals surface area contributed by atoms with Gasteiger partial charge in [-0.1, -0.05) is 0 Å². The van der Waals surface area contributed by atoms with E-state index in [0.717, 1.165) is 38.8 Å². The number of nitrogens with zero attached hydrogens (tertiary/aromatic N) is 1. The van der Waals surface area contributed by atoms with Crippen LogP contribution in [0, 0.1) is 0 Å². The molecule has 2 atom stereocenters. The third-order valence-corrected chi connectivity index (χ3v) is 3.89. The second-order valence-electron chi connectivity index (χ2n) is 6.86. The number of hydrogen-bond donors (Lipinski definition) is 2. The summed E-state index contributed by atoms with van der Waals surface area (Å²) in [4.78, 5) is 25.7. The SMILES string of the molecule is CC(C)(C)OC(=O)N1CCCC1CNC1CCCNC1=O. The molecule has 120 valence electrons. The highest BCUT2D eigenvalue weighted by molar-refractivity contribution is 5.82. The number of piperidine rings is 1. The largest absolute Gasteiger partial charge is 0.444 e. The number of carbonyl (C=O) groups excluding carboxylic acids is 2. The fourth-order valence-corrected chi connectivity index (χ4v) is 2.85. The maximum absolute atomic E-state index is 12.2. The van der Waals surface area contributed by atoms with E-state index in [1.807, 2.05) is 20.8 Å². The quantitative estimate of drug-likeness (QED) is 0.822. The molecule has 6 heteroatoms. The fraction of sp³-hybridized carbons (Fsp3) is 0.867. The number of amides is 2. The average molecular weight is 297 g/mol. The van der Waals surface area contributed by atoms with Gasteiger partial charge in [0.15, 0.2) is 0 Å². The van der Waals surface area contributed by atoms with Crippen LogP contribution < -0.4 is 10.6 Å². The van der Waals surface area contributed by atoms with Crippen molar-refractivity contribution in [2.75, 3.05) is 19.6 Å². The van der Waals surface area contributed by atoms with Crippen LogP contribution in [0.2, 0.25) is 0 Å². The zero-order chi connectivity index (χ0) is 15.5. The predicted octanol–water partition coefficient (Wildman–Crippen LogP) is 1.25. The van der Waals surface area contributed by atoms with Gasteiger partial charge >= 0.3 is 6.09 Å². The Morgan fingerprint density at radius 1 is 1.38 bits per heavy atom. The van der Waals surface area contributed by atoms with Crippen molar-refractivity contribution in [3.63, 3.8) is 0 Å². The summed E-state index contributed by atoms with van der Waals surface area (Å²) >= 11 is 0. The van der Waals surface area contributed by atoms with Crippen LogP contribution in [-0.2, 0) is 9.53 Å². The second-order valence-corrected chi connectivity index (χ2v) is 6.86. The van der Waals surface area contributed by atoms with Crippen molar-refractivity contribution in [1.29, 1.82) is 0 Å². The summed E-state index contributed by atoms with van der Waals surface area (Å²) in [6.45, 7) is 7.78. The van der Waals surface area contributed by atoms with Crippen LogP contribution in [0.15, 0.2) is 0 Å². The summed E-state index contributed by atoms with van der Waals surface area (Å²) in [5.74, 6) is 0.0723. The molecule has 0 aromatic rings. The highest BCUT2D eigenvalue weighted by Crippen LogP contribution is 2.20. The van der Waals surface area contributed by atoms with E-state index in [2.05, 4.69) is 10.6 Å². The Labute approximate surface area is 126 Å². The zero-order valence-electron chi connectivity index (χ0n) is 13.3. The topological polar surface area (TPSA) is 70.7 Å². The highest BCUT2D eigenvalue weighted by atomic mass is 16.6. The van der Waals surface area contributed by atoms with Crippen molar-refractivity contribution in [3.05, 3.63) is 0 Å². The van der Waals surface area contributed by atoms with Gasteiger partial charge in [0.05, 0.1) is 6.04 Å². The van der Waals surface area contributed by atoms with Gasteiger partial charge in [0, 0.05) is 25.7 Å². The number of nitrogens with one attached hydrogen (secondary N) is 2. The molecule has 2 unspecified atom stereocenters. The minimum atomic E-state index is -0.471. The molecule has 0 radical (unpaired) electrons. The molecule has 2 rings (SSSR count). The molecule has 2 N–H and O–H groups in total. The maximum atomic E-state index is 12.2. The van der Waals surface area contributed by atoms with E-state index < -0.39 is 5.60 Å². The van der Waals surface area contributed by atoms with Crippen LogP contribution in [0.4, 0.5) is 4.79 Å². The van der Waals surface area contributed by atoms with Crippen LogP contribution in [-0.4, -0.2) is 54.2 Å². The van der Waals surface area contributed by atoms with E-state index in [0.29, 0.717) is 6.54 Å². The molecule has 2 aliphatic heterocycles. The Balaban J connectivity index is 1.84. The number of carbonyl (C=O) groups is 2. The van der Waals surface area contributed by atoms with Crippen LogP contribution in [0.3, 0.4) is 0 Å². The van der Waals surface area contributed by atoms with E-state index in [9.17, 15) is 9.59 Å². The van der Waals surface area contributed by atoms with Crippen molar-refractivity contribution in [1.82, 2.24) is 15.5 Å². The van der Waals surface area contributed by atoms with Gasteiger partial charge in [0.1, 0.15) is 5.60 Å². The van der Waals surface area contributed by atoms with Crippen molar-refractivity contribution >= 4 is 12.0 Å². The first-order chi connectivity index (χ1) is 9.87. The normalized spacial score (nSPS) is 26.6. The lowest BCUT2D eigenvalue weighted by atomic mass is 10.1. The van der Waals surface area contributed by atoms with Gasteiger partial charge < -0.3 is 20.3 Å². The van der Waals surface area contributed by atoms with Gasteiger partial charge in [-0.2, -0.15) is 0 Å². The van der Waals surface area contributed by atoms with E-state index in [1.54, 1.807) is 4.90 Å². The van der Waals surface area contributed by atoms with E-state index in [1.165, 1.54) is 0 Å². The van der Waals surface area contributed by atoms with Crippen molar-refractivity contribution in [3.8, 4) is 0 Å². The molecule has 2 heterocycles. The highest BCUT2D eigenvalue weighted by Gasteiger charge is 2.33. The van der Waals surface area contributed by atoms with Gasteiger partial charge in [-0.05, 0) is 46.5 Å².